The van der Waals surface area contributed by atoms with Gasteiger partial charge in [-0.1, -0.05) is 0 Å². The van der Waals surface area contributed by atoms with Crippen molar-refractivity contribution in [2.24, 2.45) is 5.92 Å². The molecule has 1 heterocycles. The minimum absolute atomic E-state index is 0.989. The van der Waals surface area contributed by atoms with Gasteiger partial charge in [-0.3, -0.25) is 0 Å². The summed E-state index contributed by atoms with van der Waals surface area (Å²) in [4.78, 5) is 2.90. The zero-order chi connectivity index (χ0) is 11.4. The van der Waals surface area contributed by atoms with Crippen LogP contribution in [0.1, 0.15) is 28.2 Å². The first-order valence-corrected chi connectivity index (χ1v) is 7.04. The number of rotatable bonds is 7. The molecule has 0 spiro atoms. The van der Waals surface area contributed by atoms with Crippen molar-refractivity contribution < 1.29 is 0 Å². The van der Waals surface area contributed by atoms with Crippen LogP contribution >= 0.6 is 11.3 Å². The Morgan fingerprint density at radius 3 is 2.62 bits per heavy atom. The Balaban J connectivity index is 1.53. The molecule has 0 saturated heterocycles. The highest BCUT2D eigenvalue weighted by molar-refractivity contribution is 7.12. The Kier molecular flexibility index (Phi) is 4.38. The summed E-state index contributed by atoms with van der Waals surface area (Å²) >= 11 is 1.91. The SMILES string of the molecule is Cc1cc(CNCCNCC2CC2)sc1C. The number of nitrogens with one attached hydrogen (secondary N) is 2. The lowest BCUT2D eigenvalue weighted by molar-refractivity contribution is 0.591. The second-order valence-corrected chi connectivity index (χ2v) is 6.12. The van der Waals surface area contributed by atoms with Crippen LogP contribution in [0.4, 0.5) is 0 Å². The fourth-order valence-corrected chi connectivity index (χ4v) is 2.78. The van der Waals surface area contributed by atoms with Crippen LogP contribution in [0.25, 0.3) is 0 Å². The Labute approximate surface area is 102 Å². The first-order valence-electron chi connectivity index (χ1n) is 6.23. The maximum Gasteiger partial charge on any atom is 0.0300 e. The second-order valence-electron chi connectivity index (χ2n) is 4.78. The van der Waals surface area contributed by atoms with E-state index >= 15 is 0 Å². The number of hydrogen-bond donors (Lipinski definition) is 2. The smallest absolute Gasteiger partial charge is 0.0300 e. The molecule has 1 aromatic rings. The third kappa shape index (κ3) is 3.89. The van der Waals surface area contributed by atoms with E-state index in [1.165, 1.54) is 34.7 Å². The van der Waals surface area contributed by atoms with Gasteiger partial charge in [0, 0.05) is 29.4 Å². The summed E-state index contributed by atoms with van der Waals surface area (Å²) in [7, 11) is 0. The summed E-state index contributed by atoms with van der Waals surface area (Å²) in [5.74, 6) is 0.989. The van der Waals surface area contributed by atoms with Crippen molar-refractivity contribution in [2.45, 2.75) is 33.2 Å². The molecule has 1 aliphatic rings. The molecule has 1 aromatic heterocycles. The fraction of sp³-hybridized carbons (Fsp3) is 0.692. The van der Waals surface area contributed by atoms with E-state index in [-0.39, 0.29) is 0 Å². The van der Waals surface area contributed by atoms with Crippen molar-refractivity contribution in [2.75, 3.05) is 19.6 Å². The molecule has 0 aliphatic heterocycles. The number of hydrogen-bond acceptors (Lipinski definition) is 3. The van der Waals surface area contributed by atoms with Gasteiger partial charge in [0.25, 0.3) is 0 Å². The summed E-state index contributed by atoms with van der Waals surface area (Å²) in [5.41, 5.74) is 1.42. The van der Waals surface area contributed by atoms with Gasteiger partial charge in [0.15, 0.2) is 0 Å². The van der Waals surface area contributed by atoms with Gasteiger partial charge >= 0.3 is 0 Å². The Morgan fingerprint density at radius 1 is 1.25 bits per heavy atom. The summed E-state index contributed by atoms with van der Waals surface area (Å²) in [6.07, 6.45) is 2.88. The molecule has 1 aliphatic carbocycles. The average Bonchev–Trinajstić information content (AvgIpc) is 3.01. The first kappa shape index (κ1) is 12.1. The molecule has 0 radical (unpaired) electrons. The van der Waals surface area contributed by atoms with Crippen molar-refractivity contribution in [3.8, 4) is 0 Å². The molecule has 0 amide bonds. The Morgan fingerprint density at radius 2 is 2.00 bits per heavy atom. The lowest BCUT2D eigenvalue weighted by Crippen LogP contribution is -2.28. The molecule has 1 saturated carbocycles. The molecular weight excluding hydrogens is 216 g/mol. The molecule has 3 heteroatoms. The Bertz CT molecular complexity index is 309. The third-order valence-corrected chi connectivity index (χ3v) is 4.28. The molecule has 0 aromatic carbocycles. The molecule has 1 fully saturated rings. The lowest BCUT2D eigenvalue weighted by Gasteiger charge is -2.04. The van der Waals surface area contributed by atoms with Crippen molar-refractivity contribution >= 4 is 11.3 Å². The van der Waals surface area contributed by atoms with Gasteiger partial charge in [0.1, 0.15) is 0 Å². The van der Waals surface area contributed by atoms with E-state index in [1.807, 2.05) is 11.3 Å². The normalized spacial score (nSPS) is 15.6. The monoisotopic (exact) mass is 238 g/mol. The topological polar surface area (TPSA) is 24.1 Å². The number of aryl methyl sites for hydroxylation is 2. The van der Waals surface area contributed by atoms with Gasteiger partial charge in [0.05, 0.1) is 0 Å². The van der Waals surface area contributed by atoms with Crippen molar-refractivity contribution in [1.29, 1.82) is 0 Å². The van der Waals surface area contributed by atoms with Gasteiger partial charge in [-0.2, -0.15) is 0 Å². The third-order valence-electron chi connectivity index (χ3n) is 3.12. The Hall–Kier alpha value is -0.380. The first-order chi connectivity index (χ1) is 7.75. The maximum atomic E-state index is 3.49. The van der Waals surface area contributed by atoms with E-state index in [1.54, 1.807) is 0 Å². The van der Waals surface area contributed by atoms with Crippen LogP contribution in [0.2, 0.25) is 0 Å². The molecule has 2 rings (SSSR count). The van der Waals surface area contributed by atoms with E-state index in [0.29, 0.717) is 0 Å². The molecule has 0 bridgehead atoms. The second kappa shape index (κ2) is 5.80. The maximum absolute atomic E-state index is 3.49. The van der Waals surface area contributed by atoms with Crippen LogP contribution in [0.15, 0.2) is 6.07 Å². The van der Waals surface area contributed by atoms with Gasteiger partial charge in [-0.05, 0) is 50.8 Å². The molecule has 0 atom stereocenters. The summed E-state index contributed by atoms with van der Waals surface area (Å²) in [6.45, 7) is 8.79. The molecule has 90 valence electrons. The van der Waals surface area contributed by atoms with Gasteiger partial charge < -0.3 is 10.6 Å². The molecule has 2 nitrogen and oxygen atoms in total. The van der Waals surface area contributed by atoms with Gasteiger partial charge in [-0.15, -0.1) is 11.3 Å². The largest absolute Gasteiger partial charge is 0.315 e. The molecule has 0 unspecified atom stereocenters. The van der Waals surface area contributed by atoms with Crippen LogP contribution in [0.3, 0.4) is 0 Å². The highest BCUT2D eigenvalue weighted by atomic mass is 32.1. The summed E-state index contributed by atoms with van der Waals surface area (Å²) < 4.78 is 0. The van der Waals surface area contributed by atoms with E-state index < -0.39 is 0 Å². The predicted molar refractivity (Wildman–Crippen MR) is 71.1 cm³/mol. The highest BCUT2D eigenvalue weighted by Crippen LogP contribution is 2.27. The van der Waals surface area contributed by atoms with Gasteiger partial charge in [0.2, 0.25) is 0 Å². The van der Waals surface area contributed by atoms with Crippen molar-refractivity contribution in [3.63, 3.8) is 0 Å². The summed E-state index contributed by atoms with van der Waals surface area (Å²) in [6, 6.07) is 2.30. The summed E-state index contributed by atoms with van der Waals surface area (Å²) in [5, 5.41) is 6.98. The lowest BCUT2D eigenvalue weighted by atomic mass is 10.3. The minimum atomic E-state index is 0.989. The van der Waals surface area contributed by atoms with Crippen LogP contribution in [0, 0.1) is 19.8 Å². The van der Waals surface area contributed by atoms with Crippen LogP contribution in [-0.2, 0) is 6.54 Å². The van der Waals surface area contributed by atoms with E-state index in [9.17, 15) is 0 Å². The van der Waals surface area contributed by atoms with Crippen molar-refractivity contribution in [1.82, 2.24) is 10.6 Å². The van der Waals surface area contributed by atoms with Crippen LogP contribution in [-0.4, -0.2) is 19.6 Å². The predicted octanol–water partition coefficient (Wildman–Crippen LogP) is 2.45. The van der Waals surface area contributed by atoms with Crippen molar-refractivity contribution in [3.05, 3.63) is 21.4 Å². The zero-order valence-corrected chi connectivity index (χ0v) is 11.1. The minimum Gasteiger partial charge on any atom is -0.315 e. The van der Waals surface area contributed by atoms with E-state index in [0.717, 1.165) is 25.6 Å². The van der Waals surface area contributed by atoms with E-state index in [4.69, 9.17) is 0 Å². The van der Waals surface area contributed by atoms with E-state index in [2.05, 4.69) is 30.5 Å². The fourth-order valence-electron chi connectivity index (χ4n) is 1.75. The molecular formula is C13H22N2S. The average molecular weight is 238 g/mol. The highest BCUT2D eigenvalue weighted by Gasteiger charge is 2.19. The van der Waals surface area contributed by atoms with Crippen LogP contribution < -0.4 is 10.6 Å². The number of thiophene rings is 1. The standard InChI is InChI=1S/C13H22N2S/c1-10-7-13(16-11(10)2)9-15-6-5-14-8-12-3-4-12/h7,12,14-15H,3-6,8-9H2,1-2H3. The zero-order valence-electron chi connectivity index (χ0n) is 10.3. The molecule has 16 heavy (non-hydrogen) atoms. The van der Waals surface area contributed by atoms with Gasteiger partial charge in [-0.25, -0.2) is 0 Å². The van der Waals surface area contributed by atoms with Crippen LogP contribution in [0.5, 0.6) is 0 Å². The quantitative estimate of drug-likeness (QED) is 0.713. The molecule has 2 N–H and O–H groups in total.